The molecule has 0 bridgehead atoms. The Balaban J connectivity index is 1.32. The van der Waals surface area contributed by atoms with Crippen LogP contribution in [0.4, 0.5) is 5.69 Å². The first-order valence-corrected chi connectivity index (χ1v) is 12.1. The van der Waals surface area contributed by atoms with E-state index in [0.717, 1.165) is 57.7 Å². The molecule has 2 aliphatic rings. The minimum absolute atomic E-state index is 0.480. The van der Waals surface area contributed by atoms with Crippen LogP contribution in [0.2, 0.25) is 0 Å². The van der Waals surface area contributed by atoms with Crippen molar-refractivity contribution < 1.29 is 0 Å². The van der Waals surface area contributed by atoms with Gasteiger partial charge in [0.25, 0.3) is 0 Å². The number of hydrogen-bond acceptors (Lipinski definition) is 5. The molecule has 4 rings (SSSR count). The molecule has 0 spiro atoms. The number of likely N-dealkylation sites (tertiary alicyclic amines) is 1. The van der Waals surface area contributed by atoms with Gasteiger partial charge in [0.1, 0.15) is 11.5 Å². The molecule has 1 aromatic heterocycles. The summed E-state index contributed by atoms with van der Waals surface area (Å²) in [5.74, 6) is 1.43. The zero-order valence-corrected chi connectivity index (χ0v) is 18.7. The van der Waals surface area contributed by atoms with Crippen LogP contribution in [-0.4, -0.2) is 47.9 Å². The van der Waals surface area contributed by atoms with Gasteiger partial charge in [-0.05, 0) is 91.9 Å². The Morgan fingerprint density at radius 1 is 1.17 bits per heavy atom. The molecule has 2 aromatic rings. The van der Waals surface area contributed by atoms with Gasteiger partial charge < -0.3 is 9.80 Å². The molecule has 2 aliphatic heterocycles. The van der Waals surface area contributed by atoms with Crippen molar-refractivity contribution in [2.45, 2.75) is 51.5 Å². The monoisotopic (exact) mass is 424 g/mol. The molecular formula is C24H32N4OS. The van der Waals surface area contributed by atoms with Crippen LogP contribution in [-0.2, 0) is 12.8 Å². The van der Waals surface area contributed by atoms with Gasteiger partial charge in [-0.2, -0.15) is 0 Å². The Morgan fingerprint density at radius 3 is 2.63 bits per heavy atom. The van der Waals surface area contributed by atoms with Gasteiger partial charge in [-0.25, -0.2) is 0 Å². The minimum atomic E-state index is 0.480. The molecule has 0 saturated carbocycles. The Morgan fingerprint density at radius 2 is 1.93 bits per heavy atom. The van der Waals surface area contributed by atoms with Gasteiger partial charge in [0.15, 0.2) is 0 Å². The van der Waals surface area contributed by atoms with Crippen LogP contribution in [0.25, 0.3) is 0 Å². The van der Waals surface area contributed by atoms with Gasteiger partial charge >= 0.3 is 0 Å². The molecule has 0 radical (unpaired) electrons. The summed E-state index contributed by atoms with van der Waals surface area (Å²) in [6.45, 7) is 6.65. The standard InChI is InChI=1S/C24H32N4OS/c1-2-22(28-13-3-4-23-21(24(28)25)12-17-30-23)19-10-15-27(16-11-19)14-9-18-5-7-20(26-29)8-6-18/h5-8,12,17,19,22,25H,2-4,9-11,13-16H2,1H3. The van der Waals surface area contributed by atoms with Gasteiger partial charge in [0.2, 0.25) is 0 Å². The maximum Gasteiger partial charge on any atom is 0.129 e. The number of benzene rings is 1. The molecule has 3 heterocycles. The van der Waals surface area contributed by atoms with Crippen molar-refractivity contribution in [1.82, 2.24) is 9.80 Å². The fourth-order valence-corrected chi connectivity index (χ4v) is 6.06. The third-order valence-corrected chi connectivity index (χ3v) is 7.82. The minimum Gasteiger partial charge on any atom is -0.353 e. The van der Waals surface area contributed by atoms with E-state index >= 15 is 0 Å². The maximum absolute atomic E-state index is 10.6. The maximum atomic E-state index is 10.6. The van der Waals surface area contributed by atoms with Crippen LogP contribution in [0.5, 0.6) is 0 Å². The average molecular weight is 425 g/mol. The number of rotatable bonds is 7. The van der Waals surface area contributed by atoms with Crippen LogP contribution in [0, 0.1) is 16.2 Å². The molecule has 1 saturated heterocycles. The lowest BCUT2D eigenvalue weighted by molar-refractivity contribution is 0.122. The number of nitrogens with one attached hydrogen (secondary N) is 1. The largest absolute Gasteiger partial charge is 0.353 e. The van der Waals surface area contributed by atoms with E-state index in [4.69, 9.17) is 5.41 Å². The molecule has 5 nitrogen and oxygen atoms in total. The van der Waals surface area contributed by atoms with Crippen LogP contribution >= 0.6 is 11.3 Å². The molecule has 0 aliphatic carbocycles. The van der Waals surface area contributed by atoms with E-state index < -0.39 is 0 Å². The quantitative estimate of drug-likeness (QED) is 0.601. The van der Waals surface area contributed by atoms with Gasteiger partial charge in [-0.15, -0.1) is 16.2 Å². The summed E-state index contributed by atoms with van der Waals surface area (Å²) in [5, 5.41) is 14.0. The lowest BCUT2D eigenvalue weighted by Gasteiger charge is -2.41. The number of thiophene rings is 1. The number of nitroso groups, excluding NO2 is 1. The van der Waals surface area contributed by atoms with Crippen molar-refractivity contribution in [1.29, 1.82) is 5.41 Å². The van der Waals surface area contributed by atoms with Crippen LogP contribution in [0.15, 0.2) is 40.9 Å². The van der Waals surface area contributed by atoms with E-state index in [1.165, 1.54) is 28.8 Å². The predicted molar refractivity (Wildman–Crippen MR) is 125 cm³/mol. The van der Waals surface area contributed by atoms with Crippen molar-refractivity contribution in [3.8, 4) is 0 Å². The molecule has 160 valence electrons. The highest BCUT2D eigenvalue weighted by Crippen LogP contribution is 2.31. The lowest BCUT2D eigenvalue weighted by Crippen LogP contribution is -2.48. The number of hydrogen-bond donors (Lipinski definition) is 1. The van der Waals surface area contributed by atoms with E-state index in [1.807, 2.05) is 23.5 Å². The molecule has 1 unspecified atom stereocenters. The molecule has 30 heavy (non-hydrogen) atoms. The fourth-order valence-electron chi connectivity index (χ4n) is 5.13. The molecule has 1 aromatic carbocycles. The summed E-state index contributed by atoms with van der Waals surface area (Å²) >= 11 is 1.81. The van der Waals surface area contributed by atoms with Gasteiger partial charge in [-0.1, -0.05) is 19.1 Å². The summed E-state index contributed by atoms with van der Waals surface area (Å²) in [4.78, 5) is 16.9. The fraction of sp³-hybridized carbons (Fsp3) is 0.542. The van der Waals surface area contributed by atoms with E-state index in [-0.39, 0.29) is 0 Å². The topological polar surface area (TPSA) is 59.8 Å². The average Bonchev–Trinajstić information content (AvgIpc) is 3.20. The first-order valence-electron chi connectivity index (χ1n) is 11.3. The SMILES string of the molecule is CCC(C1CCN(CCc2ccc(N=O)cc2)CC1)N1CCCc2sccc2C1=N. The first-order chi connectivity index (χ1) is 14.7. The molecular weight excluding hydrogens is 392 g/mol. The number of aryl methyl sites for hydroxylation is 1. The third-order valence-electron chi connectivity index (χ3n) is 6.84. The van der Waals surface area contributed by atoms with Crippen LogP contribution in [0.3, 0.4) is 0 Å². The third kappa shape index (κ3) is 4.65. The van der Waals surface area contributed by atoms with Crippen molar-refractivity contribution in [3.05, 3.63) is 56.6 Å². The lowest BCUT2D eigenvalue weighted by atomic mass is 9.86. The summed E-state index contributed by atoms with van der Waals surface area (Å²) < 4.78 is 0. The predicted octanol–water partition coefficient (Wildman–Crippen LogP) is 5.45. The second-order valence-electron chi connectivity index (χ2n) is 8.57. The van der Waals surface area contributed by atoms with Gasteiger partial charge in [0.05, 0.1) is 0 Å². The Bertz CT molecular complexity index is 854. The number of nitrogens with zero attached hydrogens (tertiary/aromatic N) is 3. The summed E-state index contributed by atoms with van der Waals surface area (Å²) in [6.07, 6.45) is 6.83. The summed E-state index contributed by atoms with van der Waals surface area (Å²) in [6, 6.07) is 10.3. The van der Waals surface area contributed by atoms with Crippen molar-refractivity contribution in [2.24, 2.45) is 11.1 Å². The summed E-state index contributed by atoms with van der Waals surface area (Å²) in [5.41, 5.74) is 2.93. The van der Waals surface area contributed by atoms with Crippen molar-refractivity contribution >= 4 is 22.9 Å². The van der Waals surface area contributed by atoms with Gasteiger partial charge in [-0.3, -0.25) is 5.41 Å². The highest BCUT2D eigenvalue weighted by atomic mass is 32.1. The van der Waals surface area contributed by atoms with E-state index in [9.17, 15) is 4.91 Å². The smallest absolute Gasteiger partial charge is 0.129 e. The Labute approximate surface area is 183 Å². The van der Waals surface area contributed by atoms with E-state index in [1.54, 1.807) is 12.1 Å². The molecule has 1 fully saturated rings. The van der Waals surface area contributed by atoms with E-state index in [2.05, 4.69) is 33.3 Å². The Hall–Kier alpha value is -2.05. The Kier molecular flexibility index (Phi) is 6.95. The molecule has 1 atom stereocenters. The van der Waals surface area contributed by atoms with Crippen LogP contribution in [0.1, 0.15) is 48.6 Å². The number of fused-ring (bicyclic) bond motifs is 1. The zero-order chi connectivity index (χ0) is 20.9. The van der Waals surface area contributed by atoms with Gasteiger partial charge in [0, 0.05) is 29.6 Å². The second-order valence-corrected chi connectivity index (χ2v) is 9.57. The molecule has 0 amide bonds. The highest BCUT2D eigenvalue weighted by Gasteiger charge is 2.32. The van der Waals surface area contributed by atoms with E-state index in [0.29, 0.717) is 17.6 Å². The molecule has 1 N–H and O–H groups in total. The number of piperidine rings is 1. The van der Waals surface area contributed by atoms with Crippen molar-refractivity contribution in [2.75, 3.05) is 26.2 Å². The normalized spacial score (nSPS) is 19.4. The first kappa shape index (κ1) is 21.2. The number of amidine groups is 1. The highest BCUT2D eigenvalue weighted by molar-refractivity contribution is 7.10. The van der Waals surface area contributed by atoms with Crippen molar-refractivity contribution in [3.63, 3.8) is 0 Å². The van der Waals surface area contributed by atoms with Crippen LogP contribution < -0.4 is 0 Å². The zero-order valence-electron chi connectivity index (χ0n) is 17.8. The molecule has 6 heteroatoms. The second kappa shape index (κ2) is 9.84. The summed E-state index contributed by atoms with van der Waals surface area (Å²) in [7, 11) is 0.